The number of methoxy groups -OCH3 is 1. The number of amides is 1. The average molecular weight is 270 g/mol. The maximum absolute atomic E-state index is 12.8. The number of ether oxygens (including phenoxy) is 1. The van der Waals surface area contributed by atoms with Crippen molar-refractivity contribution in [1.82, 2.24) is 4.90 Å². The number of hydrogen-bond donors (Lipinski definition) is 1. The van der Waals surface area contributed by atoms with Crippen LogP contribution < -0.4 is 5.73 Å². The minimum atomic E-state index is -0.0143. The predicted molar refractivity (Wildman–Crippen MR) is 77.8 cm³/mol. The van der Waals surface area contributed by atoms with Crippen LogP contribution in [0, 0.1) is 11.8 Å². The second-order valence-electron chi connectivity index (χ2n) is 5.88. The lowest BCUT2D eigenvalue weighted by atomic mass is 9.76. The van der Waals surface area contributed by atoms with E-state index in [1.54, 1.807) is 7.11 Å². The summed E-state index contributed by atoms with van der Waals surface area (Å²) in [5.74, 6) is 0.607. The number of rotatable bonds is 6. The topological polar surface area (TPSA) is 55.6 Å². The Hall–Kier alpha value is -0.610. The average Bonchev–Trinajstić information content (AvgIpc) is 2.38. The van der Waals surface area contributed by atoms with Gasteiger partial charge in [-0.3, -0.25) is 4.79 Å². The Labute approximate surface area is 117 Å². The van der Waals surface area contributed by atoms with Crippen molar-refractivity contribution in [2.45, 2.75) is 58.5 Å². The second kappa shape index (κ2) is 7.85. The smallest absolute Gasteiger partial charge is 0.227 e. The van der Waals surface area contributed by atoms with Crippen molar-refractivity contribution >= 4 is 5.91 Å². The molecule has 1 fully saturated rings. The summed E-state index contributed by atoms with van der Waals surface area (Å²) >= 11 is 0. The summed E-state index contributed by atoms with van der Waals surface area (Å²) < 4.78 is 5.13. The van der Waals surface area contributed by atoms with Crippen LogP contribution in [-0.4, -0.2) is 43.2 Å². The molecule has 19 heavy (non-hydrogen) atoms. The van der Waals surface area contributed by atoms with Crippen LogP contribution in [0.4, 0.5) is 0 Å². The summed E-state index contributed by atoms with van der Waals surface area (Å²) in [6, 6.07) is 0.273. The molecule has 4 heteroatoms. The van der Waals surface area contributed by atoms with E-state index in [9.17, 15) is 4.79 Å². The molecular weight excluding hydrogens is 240 g/mol. The molecule has 0 aromatic rings. The quantitative estimate of drug-likeness (QED) is 0.803. The Morgan fingerprint density at radius 2 is 2.16 bits per heavy atom. The molecule has 0 saturated heterocycles. The van der Waals surface area contributed by atoms with E-state index >= 15 is 0 Å². The zero-order valence-electron chi connectivity index (χ0n) is 12.9. The highest BCUT2D eigenvalue weighted by molar-refractivity contribution is 5.80. The van der Waals surface area contributed by atoms with E-state index < -0.39 is 0 Å². The van der Waals surface area contributed by atoms with E-state index in [0.717, 1.165) is 25.7 Å². The Bertz CT molecular complexity index is 273. The highest BCUT2D eigenvalue weighted by atomic mass is 16.5. The SMILES string of the molecule is CCC(C)N(CCOC)C(=O)C1C(C)CCCC1N. The molecule has 1 saturated carbocycles. The van der Waals surface area contributed by atoms with Gasteiger partial charge in [0.15, 0.2) is 0 Å². The number of nitrogens with zero attached hydrogens (tertiary/aromatic N) is 1. The fraction of sp³-hybridized carbons (Fsp3) is 0.933. The maximum atomic E-state index is 12.8. The van der Waals surface area contributed by atoms with Crippen molar-refractivity contribution in [3.63, 3.8) is 0 Å². The van der Waals surface area contributed by atoms with Crippen LogP contribution in [0.1, 0.15) is 46.5 Å². The minimum absolute atomic E-state index is 0.0143. The van der Waals surface area contributed by atoms with Crippen LogP contribution in [0.2, 0.25) is 0 Å². The first kappa shape index (κ1) is 16.4. The molecule has 0 spiro atoms. The Kier molecular flexibility index (Phi) is 6.80. The number of carbonyl (C=O) groups is 1. The van der Waals surface area contributed by atoms with E-state index in [4.69, 9.17) is 10.5 Å². The van der Waals surface area contributed by atoms with Gasteiger partial charge in [-0.2, -0.15) is 0 Å². The van der Waals surface area contributed by atoms with Gasteiger partial charge in [0.25, 0.3) is 0 Å². The van der Waals surface area contributed by atoms with E-state index in [1.165, 1.54) is 0 Å². The molecule has 4 unspecified atom stereocenters. The van der Waals surface area contributed by atoms with Crippen LogP contribution >= 0.6 is 0 Å². The van der Waals surface area contributed by atoms with E-state index in [0.29, 0.717) is 19.1 Å². The molecule has 0 heterocycles. The zero-order valence-corrected chi connectivity index (χ0v) is 12.9. The van der Waals surface area contributed by atoms with Gasteiger partial charge in [0, 0.05) is 25.7 Å². The van der Waals surface area contributed by atoms with Gasteiger partial charge in [0.2, 0.25) is 5.91 Å². The largest absolute Gasteiger partial charge is 0.383 e. The monoisotopic (exact) mass is 270 g/mol. The molecule has 1 aliphatic rings. The van der Waals surface area contributed by atoms with Crippen LogP contribution in [0.3, 0.4) is 0 Å². The molecule has 4 atom stereocenters. The molecule has 0 aromatic carbocycles. The lowest BCUT2D eigenvalue weighted by molar-refractivity contribution is -0.141. The second-order valence-corrected chi connectivity index (χ2v) is 5.88. The number of nitrogens with two attached hydrogens (primary N) is 1. The van der Waals surface area contributed by atoms with Gasteiger partial charge in [-0.15, -0.1) is 0 Å². The minimum Gasteiger partial charge on any atom is -0.383 e. The molecular formula is C15H30N2O2. The summed E-state index contributed by atoms with van der Waals surface area (Å²) in [7, 11) is 1.67. The fourth-order valence-electron chi connectivity index (χ4n) is 3.03. The molecule has 0 aliphatic heterocycles. The number of hydrogen-bond acceptors (Lipinski definition) is 3. The Morgan fingerprint density at radius 3 is 2.68 bits per heavy atom. The van der Waals surface area contributed by atoms with Gasteiger partial charge in [-0.1, -0.05) is 20.3 Å². The van der Waals surface area contributed by atoms with Crippen LogP contribution in [0.5, 0.6) is 0 Å². The van der Waals surface area contributed by atoms with Gasteiger partial charge in [-0.25, -0.2) is 0 Å². The molecule has 1 aliphatic carbocycles. The highest BCUT2D eigenvalue weighted by Gasteiger charge is 2.37. The third-order valence-corrected chi connectivity index (χ3v) is 4.50. The maximum Gasteiger partial charge on any atom is 0.227 e. The first-order valence-corrected chi connectivity index (χ1v) is 7.57. The first-order chi connectivity index (χ1) is 9.02. The van der Waals surface area contributed by atoms with Gasteiger partial charge in [0.1, 0.15) is 0 Å². The van der Waals surface area contributed by atoms with Crippen molar-refractivity contribution < 1.29 is 9.53 Å². The molecule has 0 bridgehead atoms. The van der Waals surface area contributed by atoms with Gasteiger partial charge < -0.3 is 15.4 Å². The summed E-state index contributed by atoms with van der Waals surface area (Å²) in [4.78, 5) is 14.8. The summed E-state index contributed by atoms with van der Waals surface area (Å²) in [6.07, 6.45) is 4.20. The molecule has 0 aromatic heterocycles. The molecule has 112 valence electrons. The normalized spacial score (nSPS) is 29.0. The standard InChI is InChI=1S/C15H30N2O2/c1-5-12(3)17(9-10-19-4)15(18)14-11(2)7-6-8-13(14)16/h11-14H,5-10,16H2,1-4H3. The third kappa shape index (κ3) is 4.18. The Morgan fingerprint density at radius 1 is 1.47 bits per heavy atom. The Balaban J connectivity index is 2.78. The summed E-state index contributed by atoms with van der Waals surface area (Å²) in [5, 5.41) is 0. The summed E-state index contributed by atoms with van der Waals surface area (Å²) in [6.45, 7) is 7.63. The lowest BCUT2D eigenvalue weighted by Gasteiger charge is -2.39. The zero-order chi connectivity index (χ0) is 14.4. The van der Waals surface area contributed by atoms with Crippen LogP contribution in [0.15, 0.2) is 0 Å². The highest BCUT2D eigenvalue weighted by Crippen LogP contribution is 2.31. The van der Waals surface area contributed by atoms with Crippen molar-refractivity contribution in [2.75, 3.05) is 20.3 Å². The van der Waals surface area contributed by atoms with Crippen LogP contribution in [-0.2, 0) is 9.53 Å². The molecule has 1 rings (SSSR count). The molecule has 2 N–H and O–H groups in total. The fourth-order valence-corrected chi connectivity index (χ4v) is 3.03. The van der Waals surface area contributed by atoms with Gasteiger partial charge >= 0.3 is 0 Å². The summed E-state index contributed by atoms with van der Waals surface area (Å²) in [5.41, 5.74) is 6.20. The molecule has 0 radical (unpaired) electrons. The van der Waals surface area contributed by atoms with E-state index in [-0.39, 0.29) is 23.9 Å². The first-order valence-electron chi connectivity index (χ1n) is 7.57. The van der Waals surface area contributed by atoms with Crippen molar-refractivity contribution in [2.24, 2.45) is 17.6 Å². The molecule has 1 amide bonds. The van der Waals surface area contributed by atoms with Gasteiger partial charge in [0.05, 0.1) is 12.5 Å². The van der Waals surface area contributed by atoms with Crippen molar-refractivity contribution in [3.05, 3.63) is 0 Å². The van der Waals surface area contributed by atoms with Crippen LogP contribution in [0.25, 0.3) is 0 Å². The van der Waals surface area contributed by atoms with E-state index in [1.807, 2.05) is 4.90 Å². The third-order valence-electron chi connectivity index (χ3n) is 4.50. The number of carbonyl (C=O) groups excluding carboxylic acids is 1. The predicted octanol–water partition coefficient (Wildman–Crippen LogP) is 2.02. The van der Waals surface area contributed by atoms with Crippen molar-refractivity contribution in [3.8, 4) is 0 Å². The van der Waals surface area contributed by atoms with E-state index in [2.05, 4.69) is 20.8 Å². The molecule has 4 nitrogen and oxygen atoms in total. The van der Waals surface area contributed by atoms with Crippen molar-refractivity contribution in [1.29, 1.82) is 0 Å². The lowest BCUT2D eigenvalue weighted by Crippen LogP contribution is -2.52. The van der Waals surface area contributed by atoms with Gasteiger partial charge in [-0.05, 0) is 32.1 Å².